The lowest BCUT2D eigenvalue weighted by Crippen LogP contribution is -2.15. The number of phenolic OH excluding ortho intramolecular Hbond substituents is 2. The third-order valence-electron chi connectivity index (χ3n) is 2.59. The van der Waals surface area contributed by atoms with Crippen LogP contribution in [0.3, 0.4) is 0 Å². The second kappa shape index (κ2) is 4.88. The number of aryl methyl sites for hydroxylation is 1. The van der Waals surface area contributed by atoms with Crippen LogP contribution in [-0.2, 0) is 20.1 Å². The fourth-order valence-corrected chi connectivity index (χ4v) is 1.58. The number of aromatic hydroxyl groups is 2. The van der Waals surface area contributed by atoms with Crippen LogP contribution in [-0.4, -0.2) is 19.8 Å². The maximum Gasteiger partial charge on any atom is 0.123 e. The molecule has 3 N–H and O–H groups in total. The van der Waals surface area contributed by atoms with Crippen LogP contribution in [0.15, 0.2) is 30.6 Å². The fraction of sp³-hybridized carbons (Fsp3) is 0.250. The Labute approximate surface area is 99.4 Å². The first-order valence-corrected chi connectivity index (χ1v) is 5.34. The third kappa shape index (κ3) is 2.76. The Balaban J connectivity index is 1.92. The number of benzene rings is 1. The number of hydrogen-bond donors (Lipinski definition) is 3. The predicted octanol–water partition coefficient (Wildman–Crippen LogP) is 1.12. The standard InChI is InChI=1S/C12H15N3O2/c1-15-5-4-14-12(15)8-13-7-9-2-3-10(16)6-11(9)17/h2-6,13,16-17H,7-8H2,1H3. The topological polar surface area (TPSA) is 70.3 Å². The summed E-state index contributed by atoms with van der Waals surface area (Å²) >= 11 is 0. The number of nitrogens with zero attached hydrogens (tertiary/aromatic N) is 2. The van der Waals surface area contributed by atoms with Gasteiger partial charge in [-0.25, -0.2) is 4.98 Å². The van der Waals surface area contributed by atoms with Gasteiger partial charge in [0.25, 0.3) is 0 Å². The van der Waals surface area contributed by atoms with Crippen LogP contribution in [0.1, 0.15) is 11.4 Å². The zero-order chi connectivity index (χ0) is 12.3. The number of imidazole rings is 1. The van der Waals surface area contributed by atoms with Crippen LogP contribution in [0, 0.1) is 0 Å². The molecule has 1 aromatic carbocycles. The molecule has 0 spiro atoms. The monoisotopic (exact) mass is 233 g/mol. The summed E-state index contributed by atoms with van der Waals surface area (Å²) in [4.78, 5) is 4.18. The number of nitrogens with one attached hydrogen (secondary N) is 1. The average molecular weight is 233 g/mol. The first kappa shape index (κ1) is 11.5. The molecule has 0 aliphatic carbocycles. The number of phenols is 2. The van der Waals surface area contributed by atoms with Gasteiger partial charge in [-0.1, -0.05) is 6.07 Å². The molecule has 0 atom stereocenters. The maximum atomic E-state index is 9.58. The van der Waals surface area contributed by atoms with Gasteiger partial charge in [0, 0.05) is 37.6 Å². The molecule has 90 valence electrons. The van der Waals surface area contributed by atoms with Crippen molar-refractivity contribution in [3.8, 4) is 11.5 Å². The van der Waals surface area contributed by atoms with Crippen molar-refractivity contribution in [2.24, 2.45) is 7.05 Å². The van der Waals surface area contributed by atoms with Gasteiger partial charge in [-0.3, -0.25) is 0 Å². The first-order valence-electron chi connectivity index (χ1n) is 5.34. The molecule has 1 aromatic heterocycles. The van der Waals surface area contributed by atoms with Gasteiger partial charge < -0.3 is 20.1 Å². The molecule has 5 nitrogen and oxygen atoms in total. The van der Waals surface area contributed by atoms with E-state index in [1.54, 1.807) is 18.3 Å². The summed E-state index contributed by atoms with van der Waals surface area (Å²) in [6.07, 6.45) is 3.63. The SMILES string of the molecule is Cn1ccnc1CNCc1ccc(O)cc1O. The van der Waals surface area contributed by atoms with Gasteiger partial charge in [0.2, 0.25) is 0 Å². The van der Waals surface area contributed by atoms with Crippen molar-refractivity contribution < 1.29 is 10.2 Å². The largest absolute Gasteiger partial charge is 0.508 e. The third-order valence-corrected chi connectivity index (χ3v) is 2.59. The molecular weight excluding hydrogens is 218 g/mol. The quantitative estimate of drug-likeness (QED) is 0.740. The number of hydrogen-bond acceptors (Lipinski definition) is 4. The van der Waals surface area contributed by atoms with Gasteiger partial charge in [0.1, 0.15) is 17.3 Å². The summed E-state index contributed by atoms with van der Waals surface area (Å²) < 4.78 is 1.93. The van der Waals surface area contributed by atoms with E-state index in [1.807, 2.05) is 17.8 Å². The highest BCUT2D eigenvalue weighted by molar-refractivity contribution is 5.38. The van der Waals surface area contributed by atoms with E-state index in [1.165, 1.54) is 6.07 Å². The first-order chi connectivity index (χ1) is 8.16. The lowest BCUT2D eigenvalue weighted by Gasteiger charge is -2.07. The molecule has 2 rings (SSSR count). The van der Waals surface area contributed by atoms with E-state index in [2.05, 4.69) is 10.3 Å². The zero-order valence-corrected chi connectivity index (χ0v) is 9.59. The van der Waals surface area contributed by atoms with E-state index in [0.717, 1.165) is 11.4 Å². The van der Waals surface area contributed by atoms with Crippen molar-refractivity contribution in [3.05, 3.63) is 42.0 Å². The molecule has 0 aliphatic heterocycles. The summed E-state index contributed by atoms with van der Waals surface area (Å²) in [5, 5.41) is 21.9. The molecular formula is C12H15N3O2. The Kier molecular flexibility index (Phi) is 3.30. The molecule has 0 aliphatic rings. The lowest BCUT2D eigenvalue weighted by atomic mass is 10.2. The molecule has 1 heterocycles. The van der Waals surface area contributed by atoms with Crippen molar-refractivity contribution >= 4 is 0 Å². The van der Waals surface area contributed by atoms with E-state index in [4.69, 9.17) is 5.11 Å². The molecule has 0 amide bonds. The molecule has 5 heteroatoms. The normalized spacial score (nSPS) is 10.6. The summed E-state index contributed by atoms with van der Waals surface area (Å²) in [6.45, 7) is 1.16. The molecule has 0 saturated carbocycles. The van der Waals surface area contributed by atoms with Crippen molar-refractivity contribution in [1.82, 2.24) is 14.9 Å². The Morgan fingerprint density at radius 1 is 1.29 bits per heavy atom. The van der Waals surface area contributed by atoms with Crippen LogP contribution in [0.25, 0.3) is 0 Å². The van der Waals surface area contributed by atoms with Crippen molar-refractivity contribution in [3.63, 3.8) is 0 Å². The zero-order valence-electron chi connectivity index (χ0n) is 9.59. The molecule has 0 radical (unpaired) electrons. The minimum Gasteiger partial charge on any atom is -0.508 e. The van der Waals surface area contributed by atoms with E-state index < -0.39 is 0 Å². The summed E-state index contributed by atoms with van der Waals surface area (Å²) in [5.74, 6) is 1.09. The van der Waals surface area contributed by atoms with Crippen LogP contribution in [0.4, 0.5) is 0 Å². The van der Waals surface area contributed by atoms with Gasteiger partial charge in [-0.15, -0.1) is 0 Å². The average Bonchev–Trinajstić information content (AvgIpc) is 2.68. The summed E-state index contributed by atoms with van der Waals surface area (Å²) in [5.41, 5.74) is 0.747. The minimum atomic E-state index is 0.0651. The van der Waals surface area contributed by atoms with Gasteiger partial charge in [0.15, 0.2) is 0 Å². The van der Waals surface area contributed by atoms with E-state index in [-0.39, 0.29) is 11.5 Å². The van der Waals surface area contributed by atoms with E-state index >= 15 is 0 Å². The molecule has 0 unspecified atom stereocenters. The molecule has 2 aromatic rings. The fourth-order valence-electron chi connectivity index (χ4n) is 1.58. The predicted molar refractivity (Wildman–Crippen MR) is 63.5 cm³/mol. The van der Waals surface area contributed by atoms with Crippen LogP contribution < -0.4 is 5.32 Å². The molecule has 0 fully saturated rings. The van der Waals surface area contributed by atoms with Crippen LogP contribution >= 0.6 is 0 Å². The van der Waals surface area contributed by atoms with Crippen LogP contribution in [0.5, 0.6) is 11.5 Å². The summed E-state index contributed by atoms with van der Waals surface area (Å²) in [7, 11) is 1.93. The maximum absolute atomic E-state index is 9.58. The smallest absolute Gasteiger partial charge is 0.123 e. The Hall–Kier alpha value is -2.01. The Bertz CT molecular complexity index is 508. The molecule has 0 bridgehead atoms. The highest BCUT2D eigenvalue weighted by Crippen LogP contribution is 2.22. The van der Waals surface area contributed by atoms with Crippen molar-refractivity contribution in [2.75, 3.05) is 0 Å². The van der Waals surface area contributed by atoms with Crippen LogP contribution in [0.2, 0.25) is 0 Å². The number of aromatic nitrogens is 2. The van der Waals surface area contributed by atoms with Gasteiger partial charge >= 0.3 is 0 Å². The van der Waals surface area contributed by atoms with E-state index in [9.17, 15) is 5.11 Å². The summed E-state index contributed by atoms with van der Waals surface area (Å²) in [6, 6.07) is 4.57. The molecule has 17 heavy (non-hydrogen) atoms. The van der Waals surface area contributed by atoms with Gasteiger partial charge in [-0.05, 0) is 6.07 Å². The lowest BCUT2D eigenvalue weighted by molar-refractivity contribution is 0.443. The van der Waals surface area contributed by atoms with Crippen molar-refractivity contribution in [1.29, 1.82) is 0 Å². The highest BCUT2D eigenvalue weighted by atomic mass is 16.3. The Morgan fingerprint density at radius 2 is 2.12 bits per heavy atom. The van der Waals surface area contributed by atoms with E-state index in [0.29, 0.717) is 13.1 Å². The second-order valence-electron chi connectivity index (χ2n) is 3.87. The Morgan fingerprint density at radius 3 is 2.76 bits per heavy atom. The minimum absolute atomic E-state index is 0.0651. The van der Waals surface area contributed by atoms with Gasteiger partial charge in [0.05, 0.1) is 6.54 Å². The molecule has 0 saturated heterocycles. The number of rotatable bonds is 4. The van der Waals surface area contributed by atoms with Gasteiger partial charge in [-0.2, -0.15) is 0 Å². The van der Waals surface area contributed by atoms with Crippen molar-refractivity contribution in [2.45, 2.75) is 13.1 Å². The second-order valence-corrected chi connectivity index (χ2v) is 3.87. The highest BCUT2D eigenvalue weighted by Gasteiger charge is 2.03.